The summed E-state index contributed by atoms with van der Waals surface area (Å²) in [6, 6.07) is 9.42. The number of carbonyl (C=O) groups excluding carboxylic acids is 1. The Morgan fingerprint density at radius 3 is 2.50 bits per heavy atom. The van der Waals surface area contributed by atoms with E-state index in [0.717, 1.165) is 5.56 Å². The van der Waals surface area contributed by atoms with Crippen molar-refractivity contribution in [2.24, 2.45) is 0 Å². The van der Waals surface area contributed by atoms with Gasteiger partial charge in [0, 0.05) is 6.54 Å². The number of carbonyl (C=O) groups is 2. The molecule has 0 aliphatic carbocycles. The largest absolute Gasteiger partial charge is 0.480 e. The molecular formula is C13H18N2O3. The van der Waals surface area contributed by atoms with E-state index in [1.54, 1.807) is 6.92 Å². The number of aliphatic carboxylic acids is 1. The van der Waals surface area contributed by atoms with Crippen LogP contribution in [0, 0.1) is 0 Å². The molecule has 1 atom stereocenters. The maximum Gasteiger partial charge on any atom is 0.322 e. The number of nitrogens with zero attached hydrogens (tertiary/aromatic N) is 1. The fourth-order valence-corrected chi connectivity index (χ4v) is 1.52. The molecule has 1 rings (SSSR count). The van der Waals surface area contributed by atoms with Gasteiger partial charge in [0.1, 0.15) is 6.54 Å². The molecule has 1 unspecified atom stereocenters. The van der Waals surface area contributed by atoms with Crippen molar-refractivity contribution >= 4 is 11.9 Å². The zero-order valence-electron chi connectivity index (χ0n) is 10.6. The molecule has 0 aliphatic rings. The van der Waals surface area contributed by atoms with Gasteiger partial charge in [-0.25, -0.2) is 0 Å². The molecule has 0 heterocycles. The second kappa shape index (κ2) is 6.76. The number of hydrogen-bond donors (Lipinski definition) is 2. The number of likely N-dealkylation sites (N-methyl/N-ethyl adjacent to an activating group) is 1. The summed E-state index contributed by atoms with van der Waals surface area (Å²) in [4.78, 5) is 23.9. The number of rotatable bonds is 6. The molecular weight excluding hydrogens is 232 g/mol. The van der Waals surface area contributed by atoms with Gasteiger partial charge in [-0.1, -0.05) is 30.3 Å². The average Bonchev–Trinajstić information content (AvgIpc) is 2.36. The third-order valence-electron chi connectivity index (χ3n) is 2.73. The first-order valence-corrected chi connectivity index (χ1v) is 5.74. The summed E-state index contributed by atoms with van der Waals surface area (Å²) in [7, 11) is 1.83. The molecule has 0 bridgehead atoms. The van der Waals surface area contributed by atoms with Crippen molar-refractivity contribution < 1.29 is 14.7 Å². The average molecular weight is 250 g/mol. The molecule has 0 aliphatic heterocycles. The maximum absolute atomic E-state index is 11.7. The van der Waals surface area contributed by atoms with E-state index in [-0.39, 0.29) is 18.5 Å². The van der Waals surface area contributed by atoms with Crippen LogP contribution in [0.15, 0.2) is 30.3 Å². The van der Waals surface area contributed by atoms with Crippen molar-refractivity contribution in [3.8, 4) is 0 Å². The smallest absolute Gasteiger partial charge is 0.322 e. The third kappa shape index (κ3) is 4.55. The molecule has 18 heavy (non-hydrogen) atoms. The molecule has 0 saturated carbocycles. The molecule has 0 aromatic heterocycles. The molecule has 5 nitrogen and oxygen atoms in total. The maximum atomic E-state index is 11.7. The summed E-state index contributed by atoms with van der Waals surface area (Å²) in [5.41, 5.74) is 1.11. The van der Waals surface area contributed by atoms with Gasteiger partial charge in [0.05, 0.1) is 6.04 Å². The summed E-state index contributed by atoms with van der Waals surface area (Å²) >= 11 is 0. The summed E-state index contributed by atoms with van der Waals surface area (Å²) in [5, 5.41) is 10.9. The highest BCUT2D eigenvalue weighted by Crippen LogP contribution is 2.05. The van der Waals surface area contributed by atoms with Crippen molar-refractivity contribution in [3.05, 3.63) is 35.9 Å². The quantitative estimate of drug-likeness (QED) is 0.780. The SMILES string of the molecule is CC(C(=O)NCC(=O)O)N(C)Cc1ccccc1. The summed E-state index contributed by atoms with van der Waals surface area (Å²) in [5.74, 6) is -1.32. The zero-order chi connectivity index (χ0) is 13.5. The Labute approximate surface area is 106 Å². The molecule has 5 heteroatoms. The topological polar surface area (TPSA) is 69.6 Å². The van der Waals surface area contributed by atoms with Crippen LogP contribution in [0.5, 0.6) is 0 Å². The van der Waals surface area contributed by atoms with Crippen LogP contribution in [0.25, 0.3) is 0 Å². The first-order valence-electron chi connectivity index (χ1n) is 5.74. The van der Waals surface area contributed by atoms with Crippen molar-refractivity contribution in [2.75, 3.05) is 13.6 Å². The predicted molar refractivity (Wildman–Crippen MR) is 68.0 cm³/mol. The van der Waals surface area contributed by atoms with Gasteiger partial charge in [-0.3, -0.25) is 14.5 Å². The second-order valence-electron chi connectivity index (χ2n) is 4.19. The van der Waals surface area contributed by atoms with Gasteiger partial charge >= 0.3 is 5.97 Å². The van der Waals surface area contributed by atoms with E-state index in [4.69, 9.17) is 5.11 Å². The van der Waals surface area contributed by atoms with Crippen LogP contribution in [0.1, 0.15) is 12.5 Å². The fraction of sp³-hybridized carbons (Fsp3) is 0.385. The van der Waals surface area contributed by atoms with Gasteiger partial charge in [-0.15, -0.1) is 0 Å². The summed E-state index contributed by atoms with van der Waals surface area (Å²) in [6.07, 6.45) is 0. The lowest BCUT2D eigenvalue weighted by Crippen LogP contribution is -2.44. The van der Waals surface area contributed by atoms with Crippen molar-refractivity contribution in [1.29, 1.82) is 0 Å². The van der Waals surface area contributed by atoms with E-state index >= 15 is 0 Å². The van der Waals surface area contributed by atoms with Crippen molar-refractivity contribution in [3.63, 3.8) is 0 Å². The first kappa shape index (κ1) is 14.2. The Morgan fingerprint density at radius 1 is 1.33 bits per heavy atom. The van der Waals surface area contributed by atoms with Gasteiger partial charge in [0.25, 0.3) is 0 Å². The molecule has 0 spiro atoms. The molecule has 2 N–H and O–H groups in total. The lowest BCUT2D eigenvalue weighted by molar-refractivity contribution is -0.138. The van der Waals surface area contributed by atoms with Gasteiger partial charge in [0.2, 0.25) is 5.91 Å². The van der Waals surface area contributed by atoms with Crippen molar-refractivity contribution in [2.45, 2.75) is 19.5 Å². The zero-order valence-corrected chi connectivity index (χ0v) is 10.6. The Bertz CT molecular complexity index is 406. The van der Waals surface area contributed by atoms with E-state index in [1.807, 2.05) is 42.3 Å². The monoisotopic (exact) mass is 250 g/mol. The highest BCUT2D eigenvalue weighted by atomic mass is 16.4. The molecule has 98 valence electrons. The number of carboxylic acid groups (broad SMARTS) is 1. The van der Waals surface area contributed by atoms with E-state index in [2.05, 4.69) is 5.32 Å². The first-order chi connectivity index (χ1) is 8.50. The fourth-order valence-electron chi connectivity index (χ4n) is 1.52. The molecule has 1 amide bonds. The number of hydrogen-bond acceptors (Lipinski definition) is 3. The highest BCUT2D eigenvalue weighted by molar-refractivity contribution is 5.84. The Balaban J connectivity index is 2.48. The van der Waals surface area contributed by atoms with Crippen LogP contribution in [0.2, 0.25) is 0 Å². The van der Waals surface area contributed by atoms with E-state index in [9.17, 15) is 9.59 Å². The molecule has 1 aromatic rings. The number of benzene rings is 1. The van der Waals surface area contributed by atoms with Crippen LogP contribution in [-0.4, -0.2) is 41.5 Å². The lowest BCUT2D eigenvalue weighted by atomic mass is 10.2. The minimum Gasteiger partial charge on any atom is -0.480 e. The van der Waals surface area contributed by atoms with Gasteiger partial charge < -0.3 is 10.4 Å². The number of nitrogens with one attached hydrogen (secondary N) is 1. The van der Waals surface area contributed by atoms with Crippen LogP contribution in [0.4, 0.5) is 0 Å². The van der Waals surface area contributed by atoms with Gasteiger partial charge in [-0.05, 0) is 19.5 Å². The summed E-state index contributed by atoms with van der Waals surface area (Å²) in [6.45, 7) is 2.05. The molecule has 1 aromatic carbocycles. The van der Waals surface area contributed by atoms with Crippen LogP contribution in [-0.2, 0) is 16.1 Å². The van der Waals surface area contributed by atoms with Crippen molar-refractivity contribution in [1.82, 2.24) is 10.2 Å². The summed E-state index contributed by atoms with van der Waals surface area (Å²) < 4.78 is 0. The van der Waals surface area contributed by atoms with E-state index in [1.165, 1.54) is 0 Å². The van der Waals surface area contributed by atoms with Crippen LogP contribution >= 0.6 is 0 Å². The highest BCUT2D eigenvalue weighted by Gasteiger charge is 2.18. The molecule has 0 saturated heterocycles. The Kier molecular flexibility index (Phi) is 5.32. The predicted octanol–water partition coefficient (Wildman–Crippen LogP) is 0.708. The number of amides is 1. The number of carboxylic acids is 1. The standard InChI is InChI=1S/C13H18N2O3/c1-10(13(18)14-8-12(16)17)15(2)9-11-6-4-3-5-7-11/h3-7,10H,8-9H2,1-2H3,(H,14,18)(H,16,17). The van der Waals surface area contributed by atoms with Gasteiger partial charge in [0.15, 0.2) is 0 Å². The minimum absolute atomic E-state index is 0.282. The normalized spacial score (nSPS) is 12.2. The minimum atomic E-state index is -1.04. The second-order valence-corrected chi connectivity index (χ2v) is 4.19. The van der Waals surface area contributed by atoms with Crippen LogP contribution < -0.4 is 5.32 Å². The molecule has 0 radical (unpaired) electrons. The van der Waals surface area contributed by atoms with Gasteiger partial charge in [-0.2, -0.15) is 0 Å². The Hall–Kier alpha value is -1.88. The molecule has 0 fully saturated rings. The Morgan fingerprint density at radius 2 is 1.94 bits per heavy atom. The lowest BCUT2D eigenvalue weighted by Gasteiger charge is -2.23. The van der Waals surface area contributed by atoms with E-state index in [0.29, 0.717) is 6.54 Å². The third-order valence-corrected chi connectivity index (χ3v) is 2.73. The van der Waals surface area contributed by atoms with E-state index < -0.39 is 5.97 Å². The van der Waals surface area contributed by atoms with Crippen LogP contribution in [0.3, 0.4) is 0 Å².